The molecule has 7 atom stereocenters. The van der Waals surface area contributed by atoms with Crippen LogP contribution in [0.1, 0.15) is 38.3 Å². The summed E-state index contributed by atoms with van der Waals surface area (Å²) in [5.74, 6) is 0.422. The first-order valence-corrected chi connectivity index (χ1v) is 12.0. The summed E-state index contributed by atoms with van der Waals surface area (Å²) in [7, 11) is 0. The number of allylic oxidation sites excluding steroid dienone is 1. The number of cyclic esters (lactones) is 1. The van der Waals surface area contributed by atoms with Crippen molar-refractivity contribution in [2.75, 3.05) is 0 Å². The van der Waals surface area contributed by atoms with Crippen LogP contribution in [0, 0.1) is 35.4 Å². The van der Waals surface area contributed by atoms with Crippen molar-refractivity contribution in [1.29, 1.82) is 0 Å². The van der Waals surface area contributed by atoms with Gasteiger partial charge in [-0.3, -0.25) is 9.78 Å². The summed E-state index contributed by atoms with van der Waals surface area (Å²) in [6.45, 7) is 1.98. The zero-order valence-electron chi connectivity index (χ0n) is 19.1. The molecule has 5 rings (SSSR count). The molecule has 0 spiro atoms. The molecule has 1 aromatic carbocycles. The van der Waals surface area contributed by atoms with Gasteiger partial charge in [-0.25, -0.2) is 9.18 Å². The number of hydrogen-bond donors (Lipinski definition) is 1. The minimum atomic E-state index is -0.741. The molecule has 34 heavy (non-hydrogen) atoms. The van der Waals surface area contributed by atoms with Crippen molar-refractivity contribution in [3.63, 3.8) is 0 Å². The highest BCUT2D eigenvalue weighted by Crippen LogP contribution is 2.53. The number of halogens is 1. The lowest BCUT2D eigenvalue weighted by atomic mass is 9.57. The summed E-state index contributed by atoms with van der Waals surface area (Å²) in [6, 6.07) is 10.3. The molecular weight excluding hydrogens is 435 g/mol. The largest absolute Gasteiger partial charge is 0.462 e. The van der Waals surface area contributed by atoms with E-state index in [4.69, 9.17) is 15.2 Å². The maximum absolute atomic E-state index is 13.6. The van der Waals surface area contributed by atoms with Crippen LogP contribution >= 0.6 is 0 Å². The molecular formula is C27H29FN2O4. The number of hydrogen-bond acceptors (Lipinski definition) is 5. The zero-order valence-corrected chi connectivity index (χ0v) is 19.1. The van der Waals surface area contributed by atoms with E-state index in [1.54, 1.807) is 12.3 Å². The smallest absolute Gasteiger partial charge is 0.404 e. The molecule has 3 fully saturated rings. The number of esters is 1. The molecule has 2 aliphatic carbocycles. The molecule has 2 heterocycles. The topological polar surface area (TPSA) is 91.5 Å². The van der Waals surface area contributed by atoms with Crippen molar-refractivity contribution in [3.8, 4) is 11.1 Å². The second-order valence-corrected chi connectivity index (χ2v) is 9.78. The Morgan fingerprint density at radius 3 is 2.79 bits per heavy atom. The first-order valence-electron chi connectivity index (χ1n) is 12.0. The average Bonchev–Trinajstić information content (AvgIpc) is 3.09. The summed E-state index contributed by atoms with van der Waals surface area (Å²) in [4.78, 5) is 28.4. The van der Waals surface area contributed by atoms with Crippen LogP contribution in [-0.2, 0) is 14.3 Å². The quantitative estimate of drug-likeness (QED) is 0.645. The SMILES string of the molecule is C[C@H]1OC(=O)[C@@H]2C[C@@H]3C[C@H](OC(N)=O)CC[C@H]3[C@H](/C=C/c3ccc(-c4cccc(F)c4)cn3)[C@H]12. The molecule has 7 heteroatoms. The molecule has 2 saturated carbocycles. The first-order chi connectivity index (χ1) is 16.4. The van der Waals surface area contributed by atoms with Gasteiger partial charge < -0.3 is 15.2 Å². The molecule has 1 aliphatic heterocycles. The average molecular weight is 465 g/mol. The molecule has 1 saturated heterocycles. The number of pyridine rings is 1. The Morgan fingerprint density at radius 1 is 1.21 bits per heavy atom. The predicted octanol–water partition coefficient (Wildman–Crippen LogP) is 4.98. The highest BCUT2D eigenvalue weighted by molar-refractivity contribution is 5.75. The van der Waals surface area contributed by atoms with Crippen molar-refractivity contribution in [1.82, 2.24) is 4.98 Å². The van der Waals surface area contributed by atoms with Crippen molar-refractivity contribution < 1.29 is 23.5 Å². The fourth-order valence-electron chi connectivity index (χ4n) is 6.40. The van der Waals surface area contributed by atoms with Crippen LogP contribution < -0.4 is 5.73 Å². The van der Waals surface area contributed by atoms with Gasteiger partial charge in [0.2, 0.25) is 0 Å². The van der Waals surface area contributed by atoms with E-state index in [0.29, 0.717) is 5.92 Å². The summed E-state index contributed by atoms with van der Waals surface area (Å²) in [5, 5.41) is 0. The number of carbonyl (C=O) groups is 2. The molecule has 0 bridgehead atoms. The number of nitrogens with two attached hydrogens (primary N) is 1. The minimum Gasteiger partial charge on any atom is -0.462 e. The summed E-state index contributed by atoms with van der Waals surface area (Å²) < 4.78 is 24.5. The number of amides is 1. The number of aromatic nitrogens is 1. The van der Waals surface area contributed by atoms with Gasteiger partial charge >= 0.3 is 12.1 Å². The number of carbonyl (C=O) groups excluding carboxylic acids is 2. The number of nitrogens with zero attached hydrogens (tertiary/aromatic N) is 1. The van der Waals surface area contributed by atoms with Gasteiger partial charge in [0, 0.05) is 17.7 Å². The molecule has 178 valence electrons. The van der Waals surface area contributed by atoms with Gasteiger partial charge in [0.05, 0.1) is 11.6 Å². The van der Waals surface area contributed by atoms with Gasteiger partial charge in [0.1, 0.15) is 18.0 Å². The third kappa shape index (κ3) is 4.43. The second-order valence-electron chi connectivity index (χ2n) is 9.78. The lowest BCUT2D eigenvalue weighted by Crippen LogP contribution is -2.45. The zero-order chi connectivity index (χ0) is 23.8. The Labute approximate surface area is 198 Å². The normalized spacial score (nSPS) is 32.6. The molecule has 1 amide bonds. The van der Waals surface area contributed by atoms with E-state index in [9.17, 15) is 14.0 Å². The van der Waals surface area contributed by atoms with E-state index in [-0.39, 0.29) is 47.7 Å². The summed E-state index contributed by atoms with van der Waals surface area (Å²) in [5.41, 5.74) is 7.68. The Morgan fingerprint density at radius 2 is 2.06 bits per heavy atom. The standard InChI is InChI=1S/C27H29FN2O4/c1-15-25-23(9-7-20-6-5-17(14-30-20)16-3-2-4-19(28)11-16)22-10-8-21(34-27(29)32)12-18(22)13-24(25)26(31)33-15/h2-7,9,11,14-15,18,21-25H,8,10,12-13H2,1H3,(H2,29,32)/b9-7+/t15-,18+,21-,22-,23+,24-,25+/m1/s1. The number of fused-ring (bicyclic) bond motifs is 2. The highest BCUT2D eigenvalue weighted by Gasteiger charge is 2.54. The predicted molar refractivity (Wildman–Crippen MR) is 125 cm³/mol. The van der Waals surface area contributed by atoms with Gasteiger partial charge in [-0.2, -0.15) is 0 Å². The van der Waals surface area contributed by atoms with Crippen molar-refractivity contribution in [2.24, 2.45) is 35.3 Å². The van der Waals surface area contributed by atoms with Crippen LogP contribution in [0.25, 0.3) is 17.2 Å². The van der Waals surface area contributed by atoms with Crippen LogP contribution in [0.4, 0.5) is 9.18 Å². The van der Waals surface area contributed by atoms with Crippen LogP contribution in [-0.4, -0.2) is 29.3 Å². The van der Waals surface area contributed by atoms with Crippen molar-refractivity contribution in [3.05, 3.63) is 60.2 Å². The van der Waals surface area contributed by atoms with Crippen LogP contribution in [0.3, 0.4) is 0 Å². The van der Waals surface area contributed by atoms with E-state index in [2.05, 4.69) is 11.1 Å². The van der Waals surface area contributed by atoms with Gasteiger partial charge in [-0.1, -0.05) is 24.3 Å². The molecule has 6 nitrogen and oxygen atoms in total. The van der Waals surface area contributed by atoms with E-state index in [1.807, 2.05) is 31.2 Å². The van der Waals surface area contributed by atoms with Crippen molar-refractivity contribution in [2.45, 2.75) is 44.8 Å². The summed E-state index contributed by atoms with van der Waals surface area (Å²) in [6.07, 6.45) is 8.07. The second kappa shape index (κ2) is 9.20. The fraction of sp³-hybridized carbons (Fsp3) is 0.444. The highest BCUT2D eigenvalue weighted by atomic mass is 19.1. The van der Waals surface area contributed by atoms with Gasteiger partial charge in [0.25, 0.3) is 0 Å². The molecule has 3 aliphatic rings. The fourth-order valence-corrected chi connectivity index (χ4v) is 6.40. The number of rotatable bonds is 4. The van der Waals surface area contributed by atoms with Gasteiger partial charge in [-0.05, 0) is 80.2 Å². The van der Waals surface area contributed by atoms with Crippen LogP contribution in [0.2, 0.25) is 0 Å². The van der Waals surface area contributed by atoms with E-state index in [0.717, 1.165) is 42.5 Å². The molecule has 0 unspecified atom stereocenters. The minimum absolute atomic E-state index is 0.120. The Balaban J connectivity index is 1.37. The Bertz CT molecular complexity index is 1100. The lowest BCUT2D eigenvalue weighted by molar-refractivity contribution is -0.144. The third-order valence-corrected chi connectivity index (χ3v) is 7.82. The van der Waals surface area contributed by atoms with Crippen LogP contribution in [0.5, 0.6) is 0 Å². The van der Waals surface area contributed by atoms with Gasteiger partial charge in [-0.15, -0.1) is 0 Å². The maximum Gasteiger partial charge on any atom is 0.404 e. The maximum atomic E-state index is 13.6. The van der Waals surface area contributed by atoms with Crippen molar-refractivity contribution >= 4 is 18.1 Å². The lowest BCUT2D eigenvalue weighted by Gasteiger charge is -2.47. The molecule has 0 radical (unpaired) electrons. The number of ether oxygens (including phenoxy) is 2. The molecule has 1 aromatic heterocycles. The van der Waals surface area contributed by atoms with Gasteiger partial charge in [0.15, 0.2) is 0 Å². The number of primary amides is 1. The van der Waals surface area contributed by atoms with E-state index >= 15 is 0 Å². The number of benzene rings is 1. The van der Waals surface area contributed by atoms with E-state index < -0.39 is 6.09 Å². The Kier molecular flexibility index (Phi) is 6.11. The third-order valence-electron chi connectivity index (χ3n) is 7.82. The van der Waals surface area contributed by atoms with Crippen LogP contribution in [0.15, 0.2) is 48.7 Å². The molecule has 2 N–H and O–H groups in total. The summed E-state index contributed by atoms with van der Waals surface area (Å²) >= 11 is 0. The first kappa shape index (κ1) is 22.6. The molecule has 2 aromatic rings. The monoisotopic (exact) mass is 464 g/mol. The Hall–Kier alpha value is -3.22. The van der Waals surface area contributed by atoms with E-state index in [1.165, 1.54) is 12.1 Å².